The SMILES string of the molecule is Cn1nc(CC(=O)O)cc1-c1ccc2c(c1)OCCO2. The zero-order valence-corrected chi connectivity index (χ0v) is 11.0. The van der Waals surface area contributed by atoms with Crippen LogP contribution in [0.3, 0.4) is 0 Å². The highest BCUT2D eigenvalue weighted by molar-refractivity contribution is 5.71. The summed E-state index contributed by atoms with van der Waals surface area (Å²) < 4.78 is 12.7. The predicted octanol–water partition coefficient (Wildman–Crippen LogP) is 1.49. The lowest BCUT2D eigenvalue weighted by Crippen LogP contribution is -2.15. The maximum Gasteiger partial charge on any atom is 0.309 e. The van der Waals surface area contributed by atoms with Crippen molar-refractivity contribution in [1.82, 2.24) is 9.78 Å². The average Bonchev–Trinajstić information content (AvgIpc) is 2.78. The number of aryl methyl sites for hydroxylation is 1. The molecule has 0 radical (unpaired) electrons. The Labute approximate surface area is 115 Å². The summed E-state index contributed by atoms with van der Waals surface area (Å²) in [5, 5.41) is 13.0. The van der Waals surface area contributed by atoms with Crippen molar-refractivity contribution in [3.63, 3.8) is 0 Å². The van der Waals surface area contributed by atoms with Gasteiger partial charge in [0.1, 0.15) is 13.2 Å². The molecule has 0 aliphatic carbocycles. The molecule has 0 saturated carbocycles. The van der Waals surface area contributed by atoms with Gasteiger partial charge in [0.05, 0.1) is 17.8 Å². The summed E-state index contributed by atoms with van der Waals surface area (Å²) in [5.41, 5.74) is 2.30. The molecule has 0 spiro atoms. The lowest BCUT2D eigenvalue weighted by molar-refractivity contribution is -0.136. The monoisotopic (exact) mass is 274 g/mol. The van der Waals surface area contributed by atoms with Crippen molar-refractivity contribution < 1.29 is 19.4 Å². The second-order valence-corrected chi connectivity index (χ2v) is 4.57. The number of carbonyl (C=O) groups is 1. The molecule has 0 atom stereocenters. The maximum absolute atomic E-state index is 10.7. The number of rotatable bonds is 3. The van der Waals surface area contributed by atoms with E-state index in [2.05, 4.69) is 5.10 Å². The molecule has 1 aromatic carbocycles. The van der Waals surface area contributed by atoms with Crippen molar-refractivity contribution in [2.75, 3.05) is 13.2 Å². The summed E-state index contributed by atoms with van der Waals surface area (Å²) in [4.78, 5) is 10.7. The smallest absolute Gasteiger partial charge is 0.309 e. The highest BCUT2D eigenvalue weighted by Gasteiger charge is 2.15. The van der Waals surface area contributed by atoms with Crippen molar-refractivity contribution >= 4 is 5.97 Å². The third-order valence-electron chi connectivity index (χ3n) is 3.10. The minimum atomic E-state index is -0.892. The molecule has 0 fully saturated rings. The Morgan fingerprint density at radius 1 is 1.30 bits per heavy atom. The standard InChI is InChI=1S/C14H14N2O4/c1-16-11(7-10(15-16)8-14(17)18)9-2-3-12-13(6-9)20-5-4-19-12/h2-3,6-7H,4-5,8H2,1H3,(H,17,18). The van der Waals surface area contributed by atoms with Gasteiger partial charge in [-0.05, 0) is 24.3 Å². The topological polar surface area (TPSA) is 73.6 Å². The molecular formula is C14H14N2O4. The number of aliphatic carboxylic acids is 1. The van der Waals surface area contributed by atoms with Crippen molar-refractivity contribution in [2.45, 2.75) is 6.42 Å². The first-order chi connectivity index (χ1) is 9.63. The number of aromatic nitrogens is 2. The van der Waals surface area contributed by atoms with Crippen LogP contribution in [0.4, 0.5) is 0 Å². The number of nitrogens with zero attached hydrogens (tertiary/aromatic N) is 2. The van der Waals surface area contributed by atoms with E-state index in [4.69, 9.17) is 14.6 Å². The molecule has 1 aliphatic heterocycles. The van der Waals surface area contributed by atoms with E-state index in [0.29, 0.717) is 24.7 Å². The van der Waals surface area contributed by atoms with E-state index in [9.17, 15) is 4.79 Å². The lowest BCUT2D eigenvalue weighted by Gasteiger charge is -2.18. The van der Waals surface area contributed by atoms with Crippen LogP contribution in [0, 0.1) is 0 Å². The van der Waals surface area contributed by atoms with Gasteiger partial charge in [-0.3, -0.25) is 9.48 Å². The zero-order chi connectivity index (χ0) is 14.1. The van der Waals surface area contributed by atoms with Gasteiger partial charge in [0.25, 0.3) is 0 Å². The number of hydrogen-bond acceptors (Lipinski definition) is 4. The zero-order valence-electron chi connectivity index (χ0n) is 11.0. The van der Waals surface area contributed by atoms with Gasteiger partial charge < -0.3 is 14.6 Å². The Kier molecular flexibility index (Phi) is 3.06. The first-order valence-corrected chi connectivity index (χ1v) is 6.28. The summed E-state index contributed by atoms with van der Waals surface area (Å²) in [7, 11) is 1.79. The molecule has 2 aromatic rings. The molecular weight excluding hydrogens is 260 g/mol. The van der Waals surface area contributed by atoms with Gasteiger partial charge in [-0.2, -0.15) is 5.10 Å². The van der Waals surface area contributed by atoms with Gasteiger partial charge in [-0.15, -0.1) is 0 Å². The number of carboxylic acid groups (broad SMARTS) is 1. The van der Waals surface area contributed by atoms with Crippen LogP contribution in [0.25, 0.3) is 11.3 Å². The maximum atomic E-state index is 10.7. The molecule has 1 aromatic heterocycles. The van der Waals surface area contributed by atoms with Crippen LogP contribution in [-0.2, 0) is 18.3 Å². The van der Waals surface area contributed by atoms with Crippen LogP contribution in [-0.4, -0.2) is 34.1 Å². The molecule has 3 rings (SSSR count). The number of fused-ring (bicyclic) bond motifs is 1. The van der Waals surface area contributed by atoms with E-state index in [1.54, 1.807) is 17.8 Å². The fraction of sp³-hybridized carbons (Fsp3) is 0.286. The molecule has 6 nitrogen and oxygen atoms in total. The summed E-state index contributed by atoms with van der Waals surface area (Å²) in [6.07, 6.45) is -0.0849. The fourth-order valence-corrected chi connectivity index (χ4v) is 2.24. The van der Waals surface area contributed by atoms with Crippen LogP contribution in [0.5, 0.6) is 11.5 Å². The molecule has 20 heavy (non-hydrogen) atoms. The Bertz CT molecular complexity index is 663. The van der Waals surface area contributed by atoms with Gasteiger partial charge >= 0.3 is 5.97 Å². The molecule has 6 heteroatoms. The number of ether oxygens (including phenoxy) is 2. The molecule has 1 N–H and O–H groups in total. The highest BCUT2D eigenvalue weighted by atomic mass is 16.6. The minimum Gasteiger partial charge on any atom is -0.486 e. The third-order valence-corrected chi connectivity index (χ3v) is 3.10. The van der Waals surface area contributed by atoms with E-state index in [-0.39, 0.29) is 6.42 Å². The molecule has 1 aliphatic rings. The van der Waals surface area contributed by atoms with Crippen LogP contribution in [0.2, 0.25) is 0 Å². The molecule has 104 valence electrons. The summed E-state index contributed by atoms with van der Waals surface area (Å²) in [5.74, 6) is 0.541. The molecule has 0 amide bonds. The second kappa shape index (κ2) is 4.88. The van der Waals surface area contributed by atoms with E-state index in [1.165, 1.54) is 0 Å². The first kappa shape index (κ1) is 12.5. The van der Waals surface area contributed by atoms with Gasteiger partial charge in [0.2, 0.25) is 0 Å². The lowest BCUT2D eigenvalue weighted by atomic mass is 10.1. The van der Waals surface area contributed by atoms with E-state index in [0.717, 1.165) is 17.0 Å². The molecule has 0 unspecified atom stereocenters. The van der Waals surface area contributed by atoms with Gasteiger partial charge in [0.15, 0.2) is 11.5 Å². The van der Waals surface area contributed by atoms with Crippen molar-refractivity contribution in [3.8, 4) is 22.8 Å². The van der Waals surface area contributed by atoms with Crippen LogP contribution < -0.4 is 9.47 Å². The summed E-state index contributed by atoms with van der Waals surface area (Å²) in [6, 6.07) is 7.43. The first-order valence-electron chi connectivity index (χ1n) is 6.28. The second-order valence-electron chi connectivity index (χ2n) is 4.57. The number of carboxylic acids is 1. The molecule has 0 bridgehead atoms. The van der Waals surface area contributed by atoms with Crippen molar-refractivity contribution in [2.24, 2.45) is 7.05 Å². The Balaban J connectivity index is 1.96. The third kappa shape index (κ3) is 2.32. The van der Waals surface area contributed by atoms with Crippen LogP contribution in [0.1, 0.15) is 5.69 Å². The Morgan fingerprint density at radius 3 is 2.80 bits per heavy atom. The fourth-order valence-electron chi connectivity index (χ4n) is 2.24. The van der Waals surface area contributed by atoms with Gasteiger partial charge in [-0.25, -0.2) is 0 Å². The van der Waals surface area contributed by atoms with E-state index in [1.807, 2.05) is 18.2 Å². The van der Waals surface area contributed by atoms with Crippen molar-refractivity contribution in [1.29, 1.82) is 0 Å². The molecule has 2 heterocycles. The number of hydrogen-bond donors (Lipinski definition) is 1. The van der Waals surface area contributed by atoms with Gasteiger partial charge in [-0.1, -0.05) is 0 Å². The summed E-state index contributed by atoms with van der Waals surface area (Å²) in [6.45, 7) is 1.09. The highest BCUT2D eigenvalue weighted by Crippen LogP contribution is 2.34. The average molecular weight is 274 g/mol. The Morgan fingerprint density at radius 2 is 2.05 bits per heavy atom. The van der Waals surface area contributed by atoms with Gasteiger partial charge in [0, 0.05) is 12.6 Å². The summed E-state index contributed by atoms with van der Waals surface area (Å²) >= 11 is 0. The minimum absolute atomic E-state index is 0.0849. The van der Waals surface area contributed by atoms with Crippen LogP contribution in [0.15, 0.2) is 24.3 Å². The molecule has 0 saturated heterocycles. The number of benzene rings is 1. The predicted molar refractivity (Wildman–Crippen MR) is 71.0 cm³/mol. The quantitative estimate of drug-likeness (QED) is 0.917. The van der Waals surface area contributed by atoms with E-state index < -0.39 is 5.97 Å². The van der Waals surface area contributed by atoms with Crippen LogP contribution >= 0.6 is 0 Å². The van der Waals surface area contributed by atoms with Crippen molar-refractivity contribution in [3.05, 3.63) is 30.0 Å². The van der Waals surface area contributed by atoms with E-state index >= 15 is 0 Å². The Hall–Kier alpha value is -2.50. The normalized spacial score (nSPS) is 13.2. The largest absolute Gasteiger partial charge is 0.486 e.